The van der Waals surface area contributed by atoms with E-state index in [1.54, 1.807) is 0 Å². The zero-order valence-corrected chi connectivity index (χ0v) is 66.6. The van der Waals surface area contributed by atoms with Crippen LogP contribution in [0.4, 0.5) is 0 Å². The molecule has 8 nitrogen and oxygen atoms in total. The van der Waals surface area contributed by atoms with Crippen molar-refractivity contribution < 1.29 is 32.9 Å². The second-order valence-corrected chi connectivity index (χ2v) is 33.4. The number of quaternary nitrogens is 1. The summed E-state index contributed by atoms with van der Waals surface area (Å²) in [4.78, 5) is 23.6. The SMILES string of the molecule is CCCCCCCCCCCCCCCCCCCCCCCCCCCCCCCCCCCCCCCCCCCC(=O)NC(COP(=O)(O)OCC[N+](C)(C)C)C(O)CCCCCCCCCCCCCCCCCCCCCCCCCCCCCCCCCC. The van der Waals surface area contributed by atoms with E-state index in [-0.39, 0.29) is 19.1 Å². The van der Waals surface area contributed by atoms with E-state index in [1.807, 2.05) is 21.1 Å². The van der Waals surface area contributed by atoms with Gasteiger partial charge in [0.05, 0.1) is 39.9 Å². The van der Waals surface area contributed by atoms with Gasteiger partial charge in [-0.1, -0.05) is 476 Å². The zero-order chi connectivity index (χ0) is 69.0. The van der Waals surface area contributed by atoms with Gasteiger partial charge in [-0.05, 0) is 12.8 Å². The Morgan fingerprint density at radius 3 is 0.705 bits per heavy atom. The van der Waals surface area contributed by atoms with Crippen LogP contribution in [0, 0.1) is 0 Å². The van der Waals surface area contributed by atoms with E-state index >= 15 is 0 Å². The molecule has 0 aliphatic rings. The Morgan fingerprint density at radius 1 is 0.316 bits per heavy atom. The van der Waals surface area contributed by atoms with Crippen LogP contribution in [0.2, 0.25) is 0 Å². The van der Waals surface area contributed by atoms with Gasteiger partial charge < -0.3 is 19.8 Å². The fourth-order valence-corrected chi connectivity index (χ4v) is 15.1. The molecule has 0 aromatic carbocycles. The minimum Gasteiger partial charge on any atom is -0.391 e. The molecule has 95 heavy (non-hydrogen) atoms. The number of carbonyl (C=O) groups excluding carboxylic acids is 1. The summed E-state index contributed by atoms with van der Waals surface area (Å²) in [7, 11) is 1.65. The van der Waals surface area contributed by atoms with Gasteiger partial charge in [0.25, 0.3) is 0 Å². The molecule has 570 valence electrons. The number of unbranched alkanes of at least 4 members (excludes halogenated alkanes) is 71. The third kappa shape index (κ3) is 80.7. The molecule has 0 aromatic heterocycles. The first-order chi connectivity index (χ1) is 46.5. The fourth-order valence-electron chi connectivity index (χ4n) is 14.4. The number of likely N-dealkylation sites (N-methyl/N-ethyl adjacent to an activating group) is 1. The predicted octanol–water partition coefficient (Wildman–Crippen LogP) is 29.0. The number of hydrogen-bond acceptors (Lipinski definition) is 5. The van der Waals surface area contributed by atoms with E-state index in [0.717, 1.165) is 38.5 Å². The second-order valence-electron chi connectivity index (χ2n) is 32.0. The smallest absolute Gasteiger partial charge is 0.391 e. The average molecular weight is 1370 g/mol. The highest BCUT2D eigenvalue weighted by atomic mass is 31.2. The van der Waals surface area contributed by atoms with Crippen molar-refractivity contribution in [2.75, 3.05) is 40.9 Å². The number of nitrogens with zero attached hydrogens (tertiary/aromatic N) is 1. The standard InChI is InChI=1S/C86H175N2O6P/c1-6-8-10-12-14-16-18-20-22-24-26-28-30-32-34-36-38-40-41-42-43-44-45-46-47-48-50-52-54-56-58-60-62-64-66-68-70-72-74-76-78-80-86(90)87-84(83-94-95(91,92)93-82-81-88(3,4)5)85(89)79-77-75-73-71-69-67-65-63-61-59-57-55-53-51-49-39-37-35-33-31-29-27-25-23-21-19-17-15-13-11-9-7-2/h84-85,89H,6-83H2,1-5H3,(H-,87,90,91,92)/p+1. The maximum atomic E-state index is 13.1. The van der Waals surface area contributed by atoms with Crippen LogP contribution < -0.4 is 5.32 Å². The van der Waals surface area contributed by atoms with Crippen LogP contribution in [0.5, 0.6) is 0 Å². The number of nitrogens with one attached hydrogen (secondary N) is 1. The Morgan fingerprint density at radius 2 is 0.505 bits per heavy atom. The average Bonchev–Trinajstić information content (AvgIpc) is 2.01. The Hall–Kier alpha value is -0.500. The molecule has 9 heteroatoms. The maximum Gasteiger partial charge on any atom is 0.472 e. The summed E-state index contributed by atoms with van der Waals surface area (Å²) in [6.07, 6.45) is 102. The molecule has 3 unspecified atom stereocenters. The first-order valence-corrected chi connectivity index (χ1v) is 45.4. The number of rotatable bonds is 84. The van der Waals surface area contributed by atoms with E-state index in [4.69, 9.17) is 9.05 Å². The molecule has 0 aromatic rings. The molecule has 0 aliphatic heterocycles. The van der Waals surface area contributed by atoms with Crippen LogP contribution in [0.25, 0.3) is 0 Å². The van der Waals surface area contributed by atoms with E-state index in [1.165, 1.54) is 430 Å². The molecule has 0 aliphatic carbocycles. The molecule has 0 saturated heterocycles. The summed E-state index contributed by atoms with van der Waals surface area (Å²) in [5, 5.41) is 14.2. The number of phosphoric acid groups is 1. The van der Waals surface area contributed by atoms with Crippen molar-refractivity contribution in [3.8, 4) is 0 Å². The van der Waals surface area contributed by atoms with Crippen molar-refractivity contribution >= 4 is 13.7 Å². The highest BCUT2D eigenvalue weighted by Gasteiger charge is 2.28. The lowest BCUT2D eigenvalue weighted by molar-refractivity contribution is -0.870. The van der Waals surface area contributed by atoms with Gasteiger partial charge in [0.1, 0.15) is 13.2 Å². The first-order valence-electron chi connectivity index (χ1n) is 43.9. The van der Waals surface area contributed by atoms with Crippen LogP contribution in [-0.2, 0) is 18.4 Å². The summed E-state index contributed by atoms with van der Waals surface area (Å²) in [6.45, 7) is 4.98. The number of aliphatic hydroxyl groups excluding tert-OH is 1. The lowest BCUT2D eigenvalue weighted by atomic mass is 10.0. The lowest BCUT2D eigenvalue weighted by Gasteiger charge is -2.26. The van der Waals surface area contributed by atoms with Gasteiger partial charge in [-0.2, -0.15) is 0 Å². The molecule has 3 atom stereocenters. The van der Waals surface area contributed by atoms with Crippen molar-refractivity contribution in [1.82, 2.24) is 5.32 Å². The van der Waals surface area contributed by atoms with E-state index in [9.17, 15) is 19.4 Å². The van der Waals surface area contributed by atoms with Gasteiger partial charge >= 0.3 is 7.82 Å². The molecule has 0 radical (unpaired) electrons. The molecule has 3 N–H and O–H groups in total. The van der Waals surface area contributed by atoms with E-state index in [0.29, 0.717) is 23.9 Å². The van der Waals surface area contributed by atoms with Gasteiger partial charge in [0, 0.05) is 6.42 Å². The Kier molecular flexibility index (Phi) is 77.2. The molecule has 0 rings (SSSR count). The number of phosphoric ester groups is 1. The Bertz CT molecular complexity index is 1510. The molecule has 0 heterocycles. The number of hydrogen-bond donors (Lipinski definition) is 3. The summed E-state index contributed by atoms with van der Waals surface area (Å²) < 4.78 is 24.0. The molecule has 1 amide bonds. The van der Waals surface area contributed by atoms with Crippen molar-refractivity contribution in [2.45, 2.75) is 508 Å². The van der Waals surface area contributed by atoms with Crippen molar-refractivity contribution in [2.24, 2.45) is 0 Å². The van der Waals surface area contributed by atoms with Crippen LogP contribution in [0.3, 0.4) is 0 Å². The van der Waals surface area contributed by atoms with Crippen molar-refractivity contribution in [3.05, 3.63) is 0 Å². The van der Waals surface area contributed by atoms with Crippen molar-refractivity contribution in [3.63, 3.8) is 0 Å². The minimum absolute atomic E-state index is 0.0797. The number of aliphatic hydroxyl groups is 1. The van der Waals surface area contributed by atoms with Crippen LogP contribution in [0.1, 0.15) is 495 Å². The lowest BCUT2D eigenvalue weighted by Crippen LogP contribution is -2.46. The summed E-state index contributed by atoms with van der Waals surface area (Å²) in [5.41, 5.74) is 0. The van der Waals surface area contributed by atoms with Gasteiger partial charge in [-0.3, -0.25) is 13.8 Å². The largest absolute Gasteiger partial charge is 0.472 e. The van der Waals surface area contributed by atoms with Gasteiger partial charge in [0.15, 0.2) is 0 Å². The predicted molar refractivity (Wildman–Crippen MR) is 420 cm³/mol. The zero-order valence-electron chi connectivity index (χ0n) is 65.7. The van der Waals surface area contributed by atoms with Crippen LogP contribution in [0.15, 0.2) is 0 Å². The quantitative estimate of drug-likeness (QED) is 0.0318. The topological polar surface area (TPSA) is 105 Å². The van der Waals surface area contributed by atoms with E-state index < -0.39 is 20.0 Å². The van der Waals surface area contributed by atoms with Gasteiger partial charge in [-0.25, -0.2) is 4.57 Å². The number of carbonyl (C=O) groups is 1. The molecule has 0 bridgehead atoms. The minimum atomic E-state index is -4.33. The molecule has 0 fully saturated rings. The normalized spacial score (nSPS) is 13.3. The fraction of sp³-hybridized carbons (Fsp3) is 0.988. The number of amides is 1. The van der Waals surface area contributed by atoms with Crippen molar-refractivity contribution in [1.29, 1.82) is 0 Å². The maximum absolute atomic E-state index is 13.1. The van der Waals surface area contributed by atoms with Crippen LogP contribution in [-0.4, -0.2) is 73.4 Å². The summed E-state index contributed by atoms with van der Waals surface area (Å²) in [5.74, 6) is -0.130. The highest BCUT2D eigenvalue weighted by molar-refractivity contribution is 7.47. The molecular weight excluding hydrogens is 1190 g/mol. The molecule has 0 saturated carbocycles. The van der Waals surface area contributed by atoms with Crippen LogP contribution >= 0.6 is 7.82 Å². The monoisotopic (exact) mass is 1360 g/mol. The van der Waals surface area contributed by atoms with E-state index in [2.05, 4.69) is 19.2 Å². The Balaban J connectivity index is 3.82. The Labute approximate surface area is 597 Å². The molecule has 0 spiro atoms. The third-order valence-electron chi connectivity index (χ3n) is 21.1. The first kappa shape index (κ1) is 94.5. The summed E-state index contributed by atoms with van der Waals surface area (Å²) >= 11 is 0. The third-order valence-corrected chi connectivity index (χ3v) is 22.1. The highest BCUT2D eigenvalue weighted by Crippen LogP contribution is 2.43. The second kappa shape index (κ2) is 77.7. The van der Waals surface area contributed by atoms with Gasteiger partial charge in [-0.15, -0.1) is 0 Å². The summed E-state index contributed by atoms with van der Waals surface area (Å²) in [6, 6.07) is -0.758. The molecular formula is C86H176N2O6P+. The van der Waals surface area contributed by atoms with Gasteiger partial charge in [0.2, 0.25) is 5.91 Å².